The number of aryl methyl sites for hydroxylation is 2. The van der Waals surface area contributed by atoms with Crippen molar-refractivity contribution in [1.82, 2.24) is 20.3 Å². The summed E-state index contributed by atoms with van der Waals surface area (Å²) in [5, 5.41) is 12.2. The molecule has 0 spiro atoms. The van der Waals surface area contributed by atoms with Gasteiger partial charge in [-0.05, 0) is 13.8 Å². The SMILES string of the molecule is Cc1ccc(-c2cc(CN3C[C@@H](C)O[C@@H](c4nnc(C)o4)C3)on2)cc1. The summed E-state index contributed by atoms with van der Waals surface area (Å²) < 4.78 is 17.0. The van der Waals surface area contributed by atoms with Crippen LogP contribution in [0.2, 0.25) is 0 Å². The van der Waals surface area contributed by atoms with Crippen LogP contribution in [-0.4, -0.2) is 39.4 Å². The van der Waals surface area contributed by atoms with Gasteiger partial charge in [-0.1, -0.05) is 35.0 Å². The van der Waals surface area contributed by atoms with Crippen molar-refractivity contribution >= 4 is 0 Å². The zero-order valence-corrected chi connectivity index (χ0v) is 15.2. The quantitative estimate of drug-likeness (QED) is 0.711. The van der Waals surface area contributed by atoms with Gasteiger partial charge in [-0.25, -0.2) is 0 Å². The van der Waals surface area contributed by atoms with Crippen LogP contribution in [0.3, 0.4) is 0 Å². The molecule has 1 fully saturated rings. The largest absolute Gasteiger partial charge is 0.423 e. The van der Waals surface area contributed by atoms with E-state index in [-0.39, 0.29) is 12.2 Å². The molecular formula is C19H22N4O3. The Hall–Kier alpha value is -2.51. The second kappa shape index (κ2) is 7.01. The lowest BCUT2D eigenvalue weighted by atomic mass is 10.1. The van der Waals surface area contributed by atoms with Crippen LogP contribution in [0, 0.1) is 13.8 Å². The van der Waals surface area contributed by atoms with Crippen molar-refractivity contribution in [2.24, 2.45) is 0 Å². The van der Waals surface area contributed by atoms with Gasteiger partial charge < -0.3 is 13.7 Å². The molecule has 3 aromatic rings. The molecule has 1 aliphatic rings. The summed E-state index contributed by atoms with van der Waals surface area (Å²) in [6.45, 7) is 8.04. The van der Waals surface area contributed by atoms with E-state index in [9.17, 15) is 0 Å². The second-order valence-corrected chi connectivity index (χ2v) is 6.83. The van der Waals surface area contributed by atoms with E-state index in [2.05, 4.69) is 51.4 Å². The number of rotatable bonds is 4. The van der Waals surface area contributed by atoms with Crippen LogP contribution in [0.5, 0.6) is 0 Å². The molecular weight excluding hydrogens is 332 g/mol. The molecule has 0 N–H and O–H groups in total. The maximum absolute atomic E-state index is 5.96. The van der Waals surface area contributed by atoms with Crippen LogP contribution in [0.25, 0.3) is 11.3 Å². The fraction of sp³-hybridized carbons (Fsp3) is 0.421. The fourth-order valence-electron chi connectivity index (χ4n) is 3.21. The summed E-state index contributed by atoms with van der Waals surface area (Å²) in [6, 6.07) is 10.3. The van der Waals surface area contributed by atoms with Crippen molar-refractivity contribution in [2.75, 3.05) is 13.1 Å². The van der Waals surface area contributed by atoms with Crippen LogP contribution in [0.15, 0.2) is 39.3 Å². The number of aromatic nitrogens is 3. The van der Waals surface area contributed by atoms with Crippen LogP contribution in [-0.2, 0) is 11.3 Å². The maximum atomic E-state index is 5.96. The lowest BCUT2D eigenvalue weighted by molar-refractivity contribution is -0.0931. The number of benzene rings is 1. The van der Waals surface area contributed by atoms with Crippen molar-refractivity contribution in [3.05, 3.63) is 53.4 Å². The molecule has 136 valence electrons. The van der Waals surface area contributed by atoms with E-state index in [1.165, 1.54) is 5.56 Å². The van der Waals surface area contributed by atoms with Gasteiger partial charge in [0.25, 0.3) is 0 Å². The lowest BCUT2D eigenvalue weighted by Crippen LogP contribution is -2.42. The van der Waals surface area contributed by atoms with Crippen LogP contribution in [0.1, 0.15) is 36.1 Å². The molecule has 1 aromatic carbocycles. The van der Waals surface area contributed by atoms with Gasteiger partial charge in [0.2, 0.25) is 11.8 Å². The summed E-state index contributed by atoms with van der Waals surface area (Å²) >= 11 is 0. The van der Waals surface area contributed by atoms with Gasteiger partial charge in [0.15, 0.2) is 5.76 Å². The minimum absolute atomic E-state index is 0.0699. The maximum Gasteiger partial charge on any atom is 0.246 e. The highest BCUT2D eigenvalue weighted by molar-refractivity contribution is 5.59. The van der Waals surface area contributed by atoms with Gasteiger partial charge in [-0.3, -0.25) is 4.90 Å². The first-order chi connectivity index (χ1) is 12.6. The summed E-state index contributed by atoms with van der Waals surface area (Å²) in [5.74, 6) is 1.90. The highest BCUT2D eigenvalue weighted by Crippen LogP contribution is 2.26. The topological polar surface area (TPSA) is 77.4 Å². The number of hydrogen-bond acceptors (Lipinski definition) is 7. The molecule has 1 saturated heterocycles. The van der Waals surface area contributed by atoms with E-state index in [4.69, 9.17) is 13.7 Å². The van der Waals surface area contributed by atoms with E-state index in [1.807, 2.05) is 13.0 Å². The molecule has 1 aliphatic heterocycles. The Bertz CT molecular complexity index is 871. The van der Waals surface area contributed by atoms with E-state index in [0.717, 1.165) is 23.6 Å². The third kappa shape index (κ3) is 3.68. The minimum atomic E-state index is -0.223. The Morgan fingerprint density at radius 2 is 1.92 bits per heavy atom. The first kappa shape index (κ1) is 16.9. The van der Waals surface area contributed by atoms with Gasteiger partial charge in [-0.2, -0.15) is 0 Å². The Kier molecular flexibility index (Phi) is 4.57. The molecule has 0 unspecified atom stereocenters. The minimum Gasteiger partial charge on any atom is -0.423 e. The second-order valence-electron chi connectivity index (χ2n) is 6.83. The zero-order chi connectivity index (χ0) is 18.1. The Balaban J connectivity index is 1.45. The molecule has 0 aliphatic carbocycles. The third-order valence-corrected chi connectivity index (χ3v) is 4.44. The number of morpholine rings is 1. The Morgan fingerprint density at radius 3 is 2.65 bits per heavy atom. The van der Waals surface area contributed by atoms with Crippen molar-refractivity contribution in [3.63, 3.8) is 0 Å². The first-order valence-electron chi connectivity index (χ1n) is 8.77. The zero-order valence-electron chi connectivity index (χ0n) is 15.2. The van der Waals surface area contributed by atoms with Gasteiger partial charge in [0.1, 0.15) is 11.8 Å². The van der Waals surface area contributed by atoms with Crippen molar-refractivity contribution < 1.29 is 13.7 Å². The summed E-state index contributed by atoms with van der Waals surface area (Å²) in [6.07, 6.45) is -0.153. The average Bonchev–Trinajstić information content (AvgIpc) is 3.24. The third-order valence-electron chi connectivity index (χ3n) is 4.44. The van der Waals surface area contributed by atoms with Crippen molar-refractivity contribution in [1.29, 1.82) is 0 Å². The van der Waals surface area contributed by atoms with Gasteiger partial charge in [0, 0.05) is 31.6 Å². The molecule has 2 atom stereocenters. The lowest BCUT2D eigenvalue weighted by Gasteiger charge is -2.34. The number of nitrogens with zero attached hydrogens (tertiary/aromatic N) is 4. The predicted octanol–water partition coefficient (Wildman–Crippen LogP) is 3.30. The molecule has 4 rings (SSSR count). The molecule has 0 radical (unpaired) electrons. The van der Waals surface area contributed by atoms with Gasteiger partial charge >= 0.3 is 0 Å². The highest BCUT2D eigenvalue weighted by atomic mass is 16.5. The molecule has 26 heavy (non-hydrogen) atoms. The fourth-order valence-corrected chi connectivity index (χ4v) is 3.21. The number of hydrogen-bond donors (Lipinski definition) is 0. The summed E-state index contributed by atoms with van der Waals surface area (Å²) in [7, 11) is 0. The van der Waals surface area contributed by atoms with Crippen LogP contribution in [0.4, 0.5) is 0 Å². The normalized spacial score (nSPS) is 21.2. The molecule has 3 heterocycles. The van der Waals surface area contributed by atoms with Crippen molar-refractivity contribution in [2.45, 2.75) is 39.5 Å². The van der Waals surface area contributed by atoms with E-state index >= 15 is 0 Å². The Morgan fingerprint density at radius 1 is 1.12 bits per heavy atom. The van der Waals surface area contributed by atoms with Crippen LogP contribution < -0.4 is 0 Å². The molecule has 7 nitrogen and oxygen atoms in total. The van der Waals surface area contributed by atoms with Gasteiger partial charge in [-0.15, -0.1) is 10.2 Å². The summed E-state index contributed by atoms with van der Waals surface area (Å²) in [4.78, 5) is 2.26. The van der Waals surface area contributed by atoms with Crippen molar-refractivity contribution in [3.8, 4) is 11.3 Å². The first-order valence-corrected chi connectivity index (χ1v) is 8.77. The Labute approximate surface area is 152 Å². The number of ether oxygens (including phenoxy) is 1. The van der Waals surface area contributed by atoms with E-state index < -0.39 is 0 Å². The smallest absolute Gasteiger partial charge is 0.246 e. The summed E-state index contributed by atoms with van der Waals surface area (Å²) in [5.41, 5.74) is 3.13. The van der Waals surface area contributed by atoms with E-state index in [1.54, 1.807) is 6.92 Å². The monoisotopic (exact) mass is 354 g/mol. The van der Waals surface area contributed by atoms with Gasteiger partial charge in [0.05, 0.1) is 12.6 Å². The van der Waals surface area contributed by atoms with E-state index in [0.29, 0.717) is 24.9 Å². The molecule has 0 amide bonds. The average molecular weight is 354 g/mol. The molecule has 0 saturated carbocycles. The van der Waals surface area contributed by atoms with Crippen LogP contribution >= 0.6 is 0 Å². The molecule has 2 aromatic heterocycles. The molecule has 7 heteroatoms. The standard InChI is InChI=1S/C19H22N4O3/c1-12-4-6-15(7-5-12)17-8-16(26-22-17)10-23-9-13(2)24-18(11-23)19-21-20-14(3)25-19/h4-8,13,18H,9-11H2,1-3H3/t13-,18-/m1/s1. The molecule has 0 bridgehead atoms. The highest BCUT2D eigenvalue weighted by Gasteiger charge is 2.30. The predicted molar refractivity (Wildman–Crippen MR) is 94.3 cm³/mol.